The Morgan fingerprint density at radius 1 is 1.42 bits per heavy atom. The predicted molar refractivity (Wildman–Crippen MR) is 75.4 cm³/mol. The summed E-state index contributed by atoms with van der Waals surface area (Å²) >= 11 is 0. The molecule has 1 aromatic carbocycles. The van der Waals surface area contributed by atoms with Crippen molar-refractivity contribution >= 4 is 5.91 Å². The van der Waals surface area contributed by atoms with Crippen LogP contribution in [-0.4, -0.2) is 44.1 Å². The molecule has 4 heteroatoms. The Bertz CT molecular complexity index is 407. The number of ether oxygens (including phenoxy) is 1. The van der Waals surface area contributed by atoms with E-state index in [1.165, 1.54) is 5.56 Å². The number of hydrogen-bond acceptors (Lipinski definition) is 3. The highest BCUT2D eigenvalue weighted by Gasteiger charge is 2.21. The van der Waals surface area contributed by atoms with Gasteiger partial charge in [-0.2, -0.15) is 0 Å². The normalized spacial score (nSPS) is 16.8. The number of nitrogens with zero attached hydrogens (tertiary/aromatic N) is 1. The van der Waals surface area contributed by atoms with Gasteiger partial charge in [-0.1, -0.05) is 18.2 Å². The zero-order chi connectivity index (χ0) is 13.7. The van der Waals surface area contributed by atoms with Crippen molar-refractivity contribution in [3.8, 4) is 5.75 Å². The molecule has 19 heavy (non-hydrogen) atoms. The second-order valence-corrected chi connectivity index (χ2v) is 5.15. The number of carbonyl (C=O) groups is 1. The van der Waals surface area contributed by atoms with Crippen LogP contribution in [0.1, 0.15) is 18.4 Å². The van der Waals surface area contributed by atoms with E-state index < -0.39 is 0 Å². The highest BCUT2D eigenvalue weighted by atomic mass is 16.5. The fraction of sp³-hybridized carbons (Fsp3) is 0.533. The van der Waals surface area contributed by atoms with Crippen molar-refractivity contribution < 1.29 is 9.53 Å². The summed E-state index contributed by atoms with van der Waals surface area (Å²) in [6, 6.07) is 8.18. The van der Waals surface area contributed by atoms with Crippen molar-refractivity contribution in [3.05, 3.63) is 29.8 Å². The first-order chi connectivity index (χ1) is 9.16. The second kappa shape index (κ2) is 6.57. The molecule has 0 aliphatic carbocycles. The lowest BCUT2D eigenvalue weighted by Crippen LogP contribution is -2.31. The highest BCUT2D eigenvalue weighted by molar-refractivity contribution is 5.75. The largest absolute Gasteiger partial charge is 0.488 e. The molecule has 0 bridgehead atoms. The molecule has 0 saturated carbocycles. The molecule has 1 aliphatic heterocycles. The molecule has 1 aliphatic rings. The van der Waals surface area contributed by atoms with Crippen molar-refractivity contribution in [2.75, 3.05) is 27.2 Å². The average molecular weight is 262 g/mol. The van der Waals surface area contributed by atoms with Gasteiger partial charge in [0.2, 0.25) is 5.91 Å². The number of amides is 1. The Morgan fingerprint density at radius 3 is 2.95 bits per heavy atom. The van der Waals surface area contributed by atoms with Crippen LogP contribution < -0.4 is 10.1 Å². The summed E-state index contributed by atoms with van der Waals surface area (Å²) in [5.41, 5.74) is 1.29. The van der Waals surface area contributed by atoms with Crippen LogP contribution >= 0.6 is 0 Å². The zero-order valence-corrected chi connectivity index (χ0v) is 11.7. The molecule has 1 unspecified atom stereocenters. The lowest BCUT2D eigenvalue weighted by molar-refractivity contribution is -0.128. The summed E-state index contributed by atoms with van der Waals surface area (Å²) in [7, 11) is 3.58. The van der Waals surface area contributed by atoms with Gasteiger partial charge in [0, 0.05) is 33.5 Å². The summed E-state index contributed by atoms with van der Waals surface area (Å²) in [6.07, 6.45) is 2.67. The first-order valence-electron chi connectivity index (χ1n) is 6.82. The molecule has 0 spiro atoms. The van der Waals surface area contributed by atoms with Crippen molar-refractivity contribution in [2.24, 2.45) is 0 Å². The Kier molecular flexibility index (Phi) is 4.80. The van der Waals surface area contributed by atoms with Crippen molar-refractivity contribution in [3.63, 3.8) is 0 Å². The fourth-order valence-corrected chi connectivity index (χ4v) is 2.22. The summed E-state index contributed by atoms with van der Waals surface area (Å²) in [4.78, 5) is 13.0. The molecule has 1 amide bonds. The van der Waals surface area contributed by atoms with Crippen LogP contribution in [-0.2, 0) is 11.2 Å². The minimum atomic E-state index is 0.186. The third-order valence-corrected chi connectivity index (χ3v) is 3.33. The van der Waals surface area contributed by atoms with Gasteiger partial charge < -0.3 is 15.0 Å². The molecule has 0 aromatic heterocycles. The molecule has 1 aromatic rings. The molecule has 1 heterocycles. The molecule has 2 rings (SSSR count). The molecule has 0 fully saturated rings. The molecule has 0 radical (unpaired) electrons. The van der Waals surface area contributed by atoms with E-state index >= 15 is 0 Å². The van der Waals surface area contributed by atoms with Crippen LogP contribution in [0.4, 0.5) is 0 Å². The highest BCUT2D eigenvalue weighted by Crippen LogP contribution is 2.27. The number of nitrogens with one attached hydrogen (secondary N) is 1. The van der Waals surface area contributed by atoms with Crippen molar-refractivity contribution in [2.45, 2.75) is 25.4 Å². The Hall–Kier alpha value is -1.55. The minimum Gasteiger partial charge on any atom is -0.488 e. The quantitative estimate of drug-likeness (QED) is 0.789. The van der Waals surface area contributed by atoms with Gasteiger partial charge in [-0.3, -0.25) is 4.79 Å². The van der Waals surface area contributed by atoms with Gasteiger partial charge in [-0.05, 0) is 24.6 Å². The monoisotopic (exact) mass is 262 g/mol. The van der Waals surface area contributed by atoms with Gasteiger partial charge in [0.05, 0.1) is 0 Å². The third-order valence-electron chi connectivity index (χ3n) is 3.33. The molecule has 0 saturated heterocycles. The Balaban J connectivity index is 1.60. The first-order valence-corrected chi connectivity index (χ1v) is 6.82. The van der Waals surface area contributed by atoms with E-state index in [1.807, 2.05) is 18.2 Å². The maximum absolute atomic E-state index is 11.4. The maximum Gasteiger partial charge on any atom is 0.222 e. The number of benzene rings is 1. The summed E-state index contributed by atoms with van der Waals surface area (Å²) < 4.78 is 5.84. The predicted octanol–water partition coefficient (Wildman–Crippen LogP) is 1.45. The van der Waals surface area contributed by atoms with Crippen LogP contribution in [0.25, 0.3) is 0 Å². The summed E-state index contributed by atoms with van der Waals surface area (Å²) in [5.74, 6) is 1.20. The van der Waals surface area contributed by atoms with Crippen molar-refractivity contribution in [1.29, 1.82) is 0 Å². The average Bonchev–Trinajstić information content (AvgIpc) is 2.80. The number of rotatable bonds is 6. The fourth-order valence-electron chi connectivity index (χ4n) is 2.22. The zero-order valence-electron chi connectivity index (χ0n) is 11.7. The van der Waals surface area contributed by atoms with Crippen LogP contribution in [0.5, 0.6) is 5.75 Å². The summed E-state index contributed by atoms with van der Waals surface area (Å²) in [6.45, 7) is 1.70. The molecule has 104 valence electrons. The smallest absolute Gasteiger partial charge is 0.222 e. The van der Waals surface area contributed by atoms with E-state index in [2.05, 4.69) is 11.4 Å². The van der Waals surface area contributed by atoms with Crippen molar-refractivity contribution in [1.82, 2.24) is 10.2 Å². The number of hydrogen-bond donors (Lipinski definition) is 1. The molecule has 1 N–H and O–H groups in total. The molecule has 1 atom stereocenters. The minimum absolute atomic E-state index is 0.186. The van der Waals surface area contributed by atoms with Gasteiger partial charge in [-0.15, -0.1) is 0 Å². The topological polar surface area (TPSA) is 41.6 Å². The van der Waals surface area contributed by atoms with Crippen LogP contribution in [0, 0.1) is 0 Å². The van der Waals surface area contributed by atoms with Gasteiger partial charge in [0.1, 0.15) is 11.9 Å². The standard InChI is InChI=1S/C15H22N2O2/c1-17(2)15(18)8-5-9-16-11-13-10-12-6-3-4-7-14(12)19-13/h3-4,6-7,13,16H,5,8-11H2,1-2H3. The van der Waals surface area contributed by atoms with E-state index in [9.17, 15) is 4.79 Å². The molecular formula is C15H22N2O2. The van der Waals surface area contributed by atoms with Gasteiger partial charge in [0.15, 0.2) is 0 Å². The van der Waals surface area contributed by atoms with Crippen LogP contribution in [0.3, 0.4) is 0 Å². The van der Waals surface area contributed by atoms with Gasteiger partial charge >= 0.3 is 0 Å². The number of carbonyl (C=O) groups excluding carboxylic acids is 1. The summed E-state index contributed by atoms with van der Waals surface area (Å²) in [5, 5.41) is 3.36. The Morgan fingerprint density at radius 2 is 2.21 bits per heavy atom. The second-order valence-electron chi connectivity index (χ2n) is 5.15. The van der Waals surface area contributed by atoms with Crippen LogP contribution in [0.2, 0.25) is 0 Å². The van der Waals surface area contributed by atoms with E-state index in [0.717, 1.165) is 31.7 Å². The van der Waals surface area contributed by atoms with Gasteiger partial charge in [0.25, 0.3) is 0 Å². The number of para-hydroxylation sites is 1. The van der Waals surface area contributed by atoms with Gasteiger partial charge in [-0.25, -0.2) is 0 Å². The molecule has 4 nitrogen and oxygen atoms in total. The van der Waals surface area contributed by atoms with E-state index in [1.54, 1.807) is 19.0 Å². The first kappa shape index (κ1) is 13.9. The Labute approximate surface area is 114 Å². The third kappa shape index (κ3) is 3.96. The van der Waals surface area contributed by atoms with Crippen LogP contribution in [0.15, 0.2) is 24.3 Å². The lowest BCUT2D eigenvalue weighted by Gasteiger charge is -2.13. The van der Waals surface area contributed by atoms with E-state index in [0.29, 0.717) is 6.42 Å². The maximum atomic E-state index is 11.4. The lowest BCUT2D eigenvalue weighted by atomic mass is 10.1. The number of fused-ring (bicyclic) bond motifs is 1. The van der Waals surface area contributed by atoms with E-state index in [-0.39, 0.29) is 12.0 Å². The SMILES string of the molecule is CN(C)C(=O)CCCNCC1Cc2ccccc2O1. The van der Waals surface area contributed by atoms with E-state index in [4.69, 9.17) is 4.74 Å². The molecular weight excluding hydrogens is 240 g/mol.